The highest BCUT2D eigenvalue weighted by molar-refractivity contribution is 5.92. The number of morpholine rings is 1. The molecule has 9 nitrogen and oxygen atoms in total. The molecule has 0 radical (unpaired) electrons. The number of nitrogens with zero attached hydrogens (tertiary/aromatic N) is 5. The number of ether oxygens (including phenoxy) is 1. The predicted octanol–water partition coefficient (Wildman–Crippen LogP) is 1.29. The minimum absolute atomic E-state index is 0.205. The van der Waals surface area contributed by atoms with E-state index in [-0.39, 0.29) is 18.1 Å². The summed E-state index contributed by atoms with van der Waals surface area (Å²) in [5.74, 6) is 0.802. The highest BCUT2D eigenvalue weighted by Gasteiger charge is 2.16. The first kappa shape index (κ1) is 17.1. The van der Waals surface area contributed by atoms with Crippen LogP contribution in [-0.2, 0) is 11.3 Å². The van der Waals surface area contributed by atoms with Gasteiger partial charge >= 0.3 is 0 Å². The van der Waals surface area contributed by atoms with Crippen molar-refractivity contribution in [1.82, 2.24) is 25.4 Å². The number of carbonyl (C=O) groups is 1. The molecule has 1 aliphatic heterocycles. The van der Waals surface area contributed by atoms with E-state index in [1.807, 2.05) is 6.07 Å². The summed E-state index contributed by atoms with van der Waals surface area (Å²) in [6.45, 7) is 3.11. The zero-order valence-electron chi connectivity index (χ0n) is 14.5. The van der Waals surface area contributed by atoms with Gasteiger partial charge in [-0.2, -0.15) is 0 Å². The number of aromatic nitrogens is 4. The highest BCUT2D eigenvalue weighted by Crippen LogP contribution is 2.18. The average Bonchev–Trinajstić information content (AvgIpc) is 3.24. The molecule has 0 aromatic carbocycles. The van der Waals surface area contributed by atoms with E-state index in [9.17, 15) is 4.79 Å². The minimum atomic E-state index is -0.333. The number of hydrogen-bond donors (Lipinski definition) is 1. The molecule has 1 amide bonds. The molecule has 4 heterocycles. The second kappa shape index (κ2) is 7.92. The second-order valence-corrected chi connectivity index (χ2v) is 5.95. The van der Waals surface area contributed by atoms with Gasteiger partial charge in [0.15, 0.2) is 11.5 Å². The molecule has 1 aliphatic rings. The van der Waals surface area contributed by atoms with Crippen molar-refractivity contribution in [3.05, 3.63) is 54.2 Å². The lowest BCUT2D eigenvalue weighted by Gasteiger charge is -2.26. The van der Waals surface area contributed by atoms with Crippen molar-refractivity contribution < 1.29 is 14.1 Å². The Morgan fingerprint density at radius 2 is 2.11 bits per heavy atom. The molecular weight excluding hydrogens is 348 g/mol. The van der Waals surface area contributed by atoms with Gasteiger partial charge in [-0.1, -0.05) is 5.16 Å². The Balaban J connectivity index is 1.39. The summed E-state index contributed by atoms with van der Waals surface area (Å²) in [6, 6.07) is 6.99. The molecule has 1 fully saturated rings. The van der Waals surface area contributed by atoms with E-state index in [2.05, 4.69) is 30.3 Å². The molecular formula is C18H18N6O3. The van der Waals surface area contributed by atoms with Gasteiger partial charge in [0, 0.05) is 43.3 Å². The number of pyridine rings is 1. The summed E-state index contributed by atoms with van der Waals surface area (Å²) in [5, 5.41) is 6.63. The highest BCUT2D eigenvalue weighted by atomic mass is 16.5. The van der Waals surface area contributed by atoms with Crippen LogP contribution in [0.3, 0.4) is 0 Å². The van der Waals surface area contributed by atoms with Crippen molar-refractivity contribution in [1.29, 1.82) is 0 Å². The quantitative estimate of drug-likeness (QED) is 0.720. The van der Waals surface area contributed by atoms with Crippen LogP contribution in [0.15, 0.2) is 47.4 Å². The molecule has 1 saturated heterocycles. The Bertz CT molecular complexity index is 908. The molecule has 27 heavy (non-hydrogen) atoms. The van der Waals surface area contributed by atoms with E-state index >= 15 is 0 Å². The first-order valence-electron chi connectivity index (χ1n) is 8.59. The molecule has 0 bridgehead atoms. The van der Waals surface area contributed by atoms with Gasteiger partial charge < -0.3 is 19.5 Å². The first-order valence-corrected chi connectivity index (χ1v) is 8.59. The number of carbonyl (C=O) groups excluding carboxylic acids is 1. The van der Waals surface area contributed by atoms with E-state index in [1.165, 1.54) is 0 Å². The fourth-order valence-electron chi connectivity index (χ4n) is 2.69. The van der Waals surface area contributed by atoms with Crippen LogP contribution < -0.4 is 10.2 Å². The minimum Gasteiger partial charge on any atom is -0.378 e. The van der Waals surface area contributed by atoms with Crippen LogP contribution in [0.2, 0.25) is 0 Å². The maximum Gasteiger partial charge on any atom is 0.273 e. The summed E-state index contributed by atoms with van der Waals surface area (Å²) < 4.78 is 10.6. The number of rotatable bonds is 5. The number of hydrogen-bond acceptors (Lipinski definition) is 8. The largest absolute Gasteiger partial charge is 0.378 e. The molecule has 0 spiro atoms. The van der Waals surface area contributed by atoms with Crippen LogP contribution in [0, 0.1) is 0 Å². The van der Waals surface area contributed by atoms with Crippen molar-refractivity contribution in [2.45, 2.75) is 6.54 Å². The Labute approximate surface area is 155 Å². The van der Waals surface area contributed by atoms with Crippen LogP contribution >= 0.6 is 0 Å². The van der Waals surface area contributed by atoms with Crippen molar-refractivity contribution in [2.24, 2.45) is 0 Å². The Morgan fingerprint density at radius 1 is 1.22 bits per heavy atom. The zero-order valence-corrected chi connectivity index (χ0v) is 14.5. The number of nitrogens with one attached hydrogen (secondary N) is 1. The lowest BCUT2D eigenvalue weighted by molar-refractivity contribution is 0.0941. The standard InChI is InChI=1S/C18H18N6O3/c25-17(15-10-16(27-23-15)13-2-1-4-19-11-13)21-12-14-3-5-20-18(22-14)24-6-8-26-9-7-24/h1-5,10-11H,6-9,12H2,(H,21,25). The van der Waals surface area contributed by atoms with Crippen LogP contribution in [0.5, 0.6) is 0 Å². The summed E-state index contributed by atoms with van der Waals surface area (Å²) >= 11 is 0. The van der Waals surface area contributed by atoms with Gasteiger partial charge in [-0.3, -0.25) is 9.78 Å². The smallest absolute Gasteiger partial charge is 0.273 e. The fraction of sp³-hybridized carbons (Fsp3) is 0.278. The van der Waals surface area contributed by atoms with E-state index in [0.717, 1.165) is 24.3 Å². The van der Waals surface area contributed by atoms with Gasteiger partial charge in [-0.25, -0.2) is 9.97 Å². The monoisotopic (exact) mass is 366 g/mol. The van der Waals surface area contributed by atoms with Gasteiger partial charge in [-0.05, 0) is 18.2 Å². The number of anilines is 1. The second-order valence-electron chi connectivity index (χ2n) is 5.95. The van der Waals surface area contributed by atoms with E-state index in [0.29, 0.717) is 24.9 Å². The van der Waals surface area contributed by atoms with Crippen molar-refractivity contribution in [3.63, 3.8) is 0 Å². The van der Waals surface area contributed by atoms with Gasteiger partial charge in [0.2, 0.25) is 5.95 Å². The number of amides is 1. The molecule has 1 N–H and O–H groups in total. The third kappa shape index (κ3) is 4.09. The fourth-order valence-corrected chi connectivity index (χ4v) is 2.69. The predicted molar refractivity (Wildman–Crippen MR) is 96.0 cm³/mol. The van der Waals surface area contributed by atoms with Gasteiger partial charge in [0.05, 0.1) is 25.5 Å². The molecule has 0 saturated carbocycles. The molecule has 0 aliphatic carbocycles. The Kier molecular flexibility index (Phi) is 5.01. The van der Waals surface area contributed by atoms with Gasteiger partial charge in [-0.15, -0.1) is 0 Å². The molecule has 4 rings (SSSR count). The third-order valence-electron chi connectivity index (χ3n) is 4.11. The molecule has 138 valence electrons. The molecule has 0 unspecified atom stereocenters. The van der Waals surface area contributed by atoms with E-state index in [4.69, 9.17) is 9.26 Å². The van der Waals surface area contributed by atoms with Gasteiger partial charge in [0.1, 0.15) is 0 Å². The molecule has 0 atom stereocenters. The third-order valence-corrected chi connectivity index (χ3v) is 4.11. The lowest BCUT2D eigenvalue weighted by Crippen LogP contribution is -2.37. The lowest BCUT2D eigenvalue weighted by atomic mass is 10.2. The summed E-state index contributed by atoms with van der Waals surface area (Å²) in [6.07, 6.45) is 5.01. The molecule has 9 heteroatoms. The van der Waals surface area contributed by atoms with Crippen LogP contribution in [0.1, 0.15) is 16.2 Å². The van der Waals surface area contributed by atoms with Crippen molar-refractivity contribution in [2.75, 3.05) is 31.2 Å². The van der Waals surface area contributed by atoms with Crippen LogP contribution in [0.25, 0.3) is 11.3 Å². The zero-order chi connectivity index (χ0) is 18.5. The first-order chi connectivity index (χ1) is 13.3. The summed E-state index contributed by atoms with van der Waals surface area (Å²) in [7, 11) is 0. The van der Waals surface area contributed by atoms with Gasteiger partial charge in [0.25, 0.3) is 5.91 Å². The Morgan fingerprint density at radius 3 is 2.93 bits per heavy atom. The SMILES string of the molecule is O=C(NCc1ccnc(N2CCOCC2)n1)c1cc(-c2cccnc2)on1. The summed E-state index contributed by atoms with van der Waals surface area (Å²) in [4.78, 5) is 27.2. The maximum atomic E-state index is 12.3. The van der Waals surface area contributed by atoms with E-state index in [1.54, 1.807) is 36.8 Å². The van der Waals surface area contributed by atoms with Crippen LogP contribution in [-0.4, -0.2) is 52.3 Å². The molecule has 3 aromatic rings. The summed E-state index contributed by atoms with van der Waals surface area (Å²) in [5.41, 5.74) is 1.68. The van der Waals surface area contributed by atoms with Crippen molar-refractivity contribution in [3.8, 4) is 11.3 Å². The molecule has 3 aromatic heterocycles. The van der Waals surface area contributed by atoms with Crippen molar-refractivity contribution >= 4 is 11.9 Å². The van der Waals surface area contributed by atoms with Crippen LogP contribution in [0.4, 0.5) is 5.95 Å². The topological polar surface area (TPSA) is 106 Å². The maximum absolute atomic E-state index is 12.3. The average molecular weight is 366 g/mol. The normalized spacial score (nSPS) is 14.1. The van der Waals surface area contributed by atoms with E-state index < -0.39 is 0 Å². The Hall–Kier alpha value is -3.33.